The molecule has 0 aliphatic rings. The molecule has 3 aromatic rings. The average molecular weight is 489 g/mol. The minimum absolute atomic E-state index is 0.0239. The molecule has 0 spiro atoms. The van der Waals surface area contributed by atoms with Crippen LogP contribution in [-0.4, -0.2) is 42.3 Å². The van der Waals surface area contributed by atoms with Gasteiger partial charge in [0.15, 0.2) is 5.82 Å². The van der Waals surface area contributed by atoms with E-state index in [1.165, 1.54) is 0 Å². The first kappa shape index (κ1) is 24.9. The van der Waals surface area contributed by atoms with Gasteiger partial charge in [0, 0.05) is 24.5 Å². The van der Waals surface area contributed by atoms with Crippen molar-refractivity contribution in [3.05, 3.63) is 57.9 Å². The van der Waals surface area contributed by atoms with Gasteiger partial charge in [-0.25, -0.2) is 4.98 Å². The zero-order valence-electron chi connectivity index (χ0n) is 17.2. The molecule has 0 saturated heterocycles. The molecule has 3 rings (SSSR count). The number of aromatic nitrogens is 6. The van der Waals surface area contributed by atoms with Crippen molar-refractivity contribution in [1.29, 1.82) is 0 Å². The summed E-state index contributed by atoms with van der Waals surface area (Å²) in [5.74, 6) is -0.601. The highest BCUT2D eigenvalue weighted by Crippen LogP contribution is 2.30. The summed E-state index contributed by atoms with van der Waals surface area (Å²) in [5.41, 5.74) is -1.52. The predicted octanol–water partition coefficient (Wildman–Crippen LogP) is 2.64. The number of tetrazole rings is 1. The third kappa shape index (κ3) is 6.86. The van der Waals surface area contributed by atoms with Crippen molar-refractivity contribution in [3.63, 3.8) is 0 Å². The normalized spacial score (nSPS) is 12.1. The maximum atomic E-state index is 12.8. The Bertz CT molecular complexity index is 1170. The summed E-state index contributed by atoms with van der Waals surface area (Å²) in [4.78, 5) is 29.1. The first-order chi connectivity index (χ1) is 15.9. The molecule has 0 radical (unpaired) electrons. The topological polar surface area (TPSA) is 118 Å². The highest BCUT2D eigenvalue weighted by atomic mass is 19.4. The van der Waals surface area contributed by atoms with Crippen molar-refractivity contribution in [2.24, 2.45) is 0 Å². The van der Waals surface area contributed by atoms with E-state index in [0.29, 0.717) is 0 Å². The standard InChI is InChI=1S/C19H17F6N7O2/c20-18(21,22)7-1-2-15-27-13(11-3-5-12(6-4-11)19(23,24)25)8-17(34)32(15)10-16(33)26-9-14-28-30-31-29-14/h3-6,8H,1-2,7,9-10H2,(H,26,33)(H,28,29,30,31). The Morgan fingerprint density at radius 2 is 1.79 bits per heavy atom. The van der Waals surface area contributed by atoms with Gasteiger partial charge in [0.2, 0.25) is 5.91 Å². The highest BCUT2D eigenvalue weighted by Gasteiger charge is 2.30. The van der Waals surface area contributed by atoms with Crippen molar-refractivity contribution in [3.8, 4) is 11.3 Å². The number of aryl methyl sites for hydroxylation is 1. The van der Waals surface area contributed by atoms with Crippen LogP contribution in [0.3, 0.4) is 0 Å². The Hall–Kier alpha value is -3.78. The first-order valence-electron chi connectivity index (χ1n) is 9.76. The predicted molar refractivity (Wildman–Crippen MR) is 104 cm³/mol. The van der Waals surface area contributed by atoms with Crippen LogP contribution in [0.1, 0.15) is 30.1 Å². The maximum Gasteiger partial charge on any atom is 0.416 e. The quantitative estimate of drug-likeness (QED) is 0.470. The van der Waals surface area contributed by atoms with Crippen molar-refractivity contribution in [2.75, 3.05) is 0 Å². The summed E-state index contributed by atoms with van der Waals surface area (Å²) in [6.45, 7) is -0.650. The molecule has 0 saturated carbocycles. The van der Waals surface area contributed by atoms with Gasteiger partial charge >= 0.3 is 12.4 Å². The van der Waals surface area contributed by atoms with E-state index in [9.17, 15) is 35.9 Å². The van der Waals surface area contributed by atoms with Gasteiger partial charge in [-0.1, -0.05) is 17.3 Å². The lowest BCUT2D eigenvalue weighted by Gasteiger charge is -2.14. The number of carbonyl (C=O) groups excluding carboxylic acids is 1. The van der Waals surface area contributed by atoms with Crippen molar-refractivity contribution in [2.45, 2.75) is 44.7 Å². The molecule has 34 heavy (non-hydrogen) atoms. The van der Waals surface area contributed by atoms with Gasteiger partial charge < -0.3 is 5.32 Å². The van der Waals surface area contributed by atoms with Crippen LogP contribution in [0.25, 0.3) is 11.3 Å². The summed E-state index contributed by atoms with van der Waals surface area (Å²) < 4.78 is 77.1. The zero-order valence-corrected chi connectivity index (χ0v) is 17.2. The summed E-state index contributed by atoms with van der Waals surface area (Å²) in [6.07, 6.45) is -10.8. The second-order valence-electron chi connectivity index (χ2n) is 7.13. The second-order valence-corrected chi connectivity index (χ2v) is 7.13. The summed E-state index contributed by atoms with van der Waals surface area (Å²) in [5, 5.41) is 15.2. The molecule has 2 N–H and O–H groups in total. The fourth-order valence-electron chi connectivity index (χ4n) is 2.97. The molecule has 15 heteroatoms. The van der Waals surface area contributed by atoms with Gasteiger partial charge in [0.05, 0.1) is 17.8 Å². The number of aromatic amines is 1. The number of rotatable bonds is 8. The fourth-order valence-corrected chi connectivity index (χ4v) is 2.97. The van der Waals surface area contributed by atoms with Gasteiger partial charge in [-0.15, -0.1) is 10.2 Å². The first-order valence-corrected chi connectivity index (χ1v) is 9.76. The van der Waals surface area contributed by atoms with Crippen molar-refractivity contribution < 1.29 is 31.1 Å². The molecular weight excluding hydrogens is 472 g/mol. The van der Waals surface area contributed by atoms with Crippen molar-refractivity contribution >= 4 is 5.91 Å². The van der Waals surface area contributed by atoms with E-state index in [4.69, 9.17) is 0 Å². The number of amides is 1. The maximum absolute atomic E-state index is 12.8. The summed E-state index contributed by atoms with van der Waals surface area (Å²) >= 11 is 0. The average Bonchev–Trinajstić information content (AvgIpc) is 3.26. The molecule has 182 valence electrons. The molecule has 0 aliphatic carbocycles. The highest BCUT2D eigenvalue weighted by molar-refractivity contribution is 5.75. The van der Waals surface area contributed by atoms with E-state index in [2.05, 4.69) is 30.9 Å². The van der Waals surface area contributed by atoms with Gasteiger partial charge in [0.25, 0.3) is 5.56 Å². The lowest BCUT2D eigenvalue weighted by atomic mass is 10.1. The number of nitrogens with one attached hydrogen (secondary N) is 2. The Labute approximate surface area is 187 Å². The van der Waals surface area contributed by atoms with Crippen LogP contribution in [0.15, 0.2) is 35.1 Å². The van der Waals surface area contributed by atoms with E-state index < -0.39 is 48.8 Å². The van der Waals surface area contributed by atoms with Crippen molar-refractivity contribution in [1.82, 2.24) is 35.5 Å². The Morgan fingerprint density at radius 1 is 1.09 bits per heavy atom. The molecule has 9 nitrogen and oxygen atoms in total. The number of benzene rings is 1. The molecule has 2 aromatic heterocycles. The lowest BCUT2D eigenvalue weighted by Crippen LogP contribution is -2.34. The Kier molecular flexibility index (Phi) is 7.32. The third-order valence-corrected chi connectivity index (χ3v) is 4.59. The minimum atomic E-state index is -4.56. The minimum Gasteiger partial charge on any atom is -0.347 e. The van der Waals surface area contributed by atoms with E-state index in [0.717, 1.165) is 34.9 Å². The van der Waals surface area contributed by atoms with Crippen LogP contribution in [0.2, 0.25) is 0 Å². The molecule has 0 aliphatic heterocycles. The van der Waals surface area contributed by atoms with Crippen LogP contribution in [-0.2, 0) is 30.5 Å². The molecule has 0 atom stereocenters. The Balaban J connectivity index is 1.86. The Morgan fingerprint density at radius 3 is 2.38 bits per heavy atom. The molecule has 0 unspecified atom stereocenters. The fraction of sp³-hybridized carbons (Fsp3) is 0.368. The third-order valence-electron chi connectivity index (χ3n) is 4.59. The van der Waals surface area contributed by atoms with Crippen LogP contribution < -0.4 is 10.9 Å². The molecule has 2 heterocycles. The zero-order chi connectivity index (χ0) is 24.9. The number of hydrogen-bond donors (Lipinski definition) is 2. The lowest BCUT2D eigenvalue weighted by molar-refractivity contribution is -0.137. The van der Waals surface area contributed by atoms with E-state index >= 15 is 0 Å². The van der Waals surface area contributed by atoms with Crippen LogP contribution in [0, 0.1) is 0 Å². The smallest absolute Gasteiger partial charge is 0.347 e. The van der Waals surface area contributed by atoms with Crippen LogP contribution in [0.4, 0.5) is 26.3 Å². The van der Waals surface area contributed by atoms with Crippen LogP contribution >= 0.6 is 0 Å². The number of H-pyrrole nitrogens is 1. The second kappa shape index (κ2) is 10.0. The van der Waals surface area contributed by atoms with E-state index in [1.54, 1.807) is 0 Å². The monoisotopic (exact) mass is 489 g/mol. The number of nitrogens with zero attached hydrogens (tertiary/aromatic N) is 5. The van der Waals surface area contributed by atoms with Gasteiger partial charge in [0.1, 0.15) is 12.4 Å². The number of hydrogen-bond acceptors (Lipinski definition) is 6. The largest absolute Gasteiger partial charge is 0.416 e. The molecule has 1 aromatic carbocycles. The van der Waals surface area contributed by atoms with Crippen LogP contribution in [0.5, 0.6) is 0 Å². The molecular formula is C19H17F6N7O2. The van der Waals surface area contributed by atoms with Gasteiger partial charge in [-0.05, 0) is 18.6 Å². The number of carbonyl (C=O) groups is 1. The summed E-state index contributed by atoms with van der Waals surface area (Å²) in [7, 11) is 0. The van der Waals surface area contributed by atoms with E-state index in [1.807, 2.05) is 0 Å². The molecule has 0 bridgehead atoms. The van der Waals surface area contributed by atoms with Gasteiger partial charge in [-0.3, -0.25) is 14.2 Å². The molecule has 0 fully saturated rings. The molecule has 1 amide bonds. The number of halogens is 6. The van der Waals surface area contributed by atoms with E-state index in [-0.39, 0.29) is 35.9 Å². The number of alkyl halides is 6. The SMILES string of the molecule is O=C(Cn1c(CCCC(F)(F)F)nc(-c2ccc(C(F)(F)F)cc2)cc1=O)NCc1nn[nH]n1. The van der Waals surface area contributed by atoms with Gasteiger partial charge in [-0.2, -0.15) is 31.6 Å². The summed E-state index contributed by atoms with van der Waals surface area (Å²) in [6, 6.07) is 4.81.